The maximum absolute atomic E-state index is 14.4. The van der Waals surface area contributed by atoms with E-state index in [9.17, 15) is 26.4 Å². The fourth-order valence-corrected chi connectivity index (χ4v) is 5.45. The van der Waals surface area contributed by atoms with Crippen LogP contribution in [0, 0.1) is 23.4 Å². The molecule has 0 spiro atoms. The second-order valence-corrected chi connectivity index (χ2v) is 10.4. The number of amides is 1. The number of carbonyl (C=O) groups is 1. The summed E-state index contributed by atoms with van der Waals surface area (Å²) in [5, 5.41) is 0. The zero-order chi connectivity index (χ0) is 23.0. The molecular weight excluding hydrogens is 441 g/mol. The molecule has 9 heteroatoms. The number of likely N-dealkylation sites (tertiary alicyclic amines) is 1. The van der Waals surface area contributed by atoms with Gasteiger partial charge in [-0.2, -0.15) is 0 Å². The van der Waals surface area contributed by atoms with Crippen molar-refractivity contribution < 1.29 is 26.4 Å². The number of nitrogens with one attached hydrogen (secondary N) is 1. The minimum absolute atomic E-state index is 0.0841. The first-order chi connectivity index (χ1) is 15.1. The summed E-state index contributed by atoms with van der Waals surface area (Å²) in [6, 6.07) is 7.14. The van der Waals surface area contributed by atoms with E-state index in [1.54, 1.807) is 4.90 Å². The Morgan fingerprint density at radius 2 is 1.78 bits per heavy atom. The minimum atomic E-state index is -3.32. The van der Waals surface area contributed by atoms with Gasteiger partial charge in [-0.3, -0.25) is 4.79 Å². The highest BCUT2D eigenvalue weighted by Crippen LogP contribution is 2.52. The summed E-state index contributed by atoms with van der Waals surface area (Å²) in [6.45, 7) is 0.940. The van der Waals surface area contributed by atoms with Crippen LogP contribution in [-0.2, 0) is 14.8 Å². The van der Waals surface area contributed by atoms with E-state index in [2.05, 4.69) is 4.72 Å². The average Bonchev–Trinajstić information content (AvgIpc) is 3.52. The van der Waals surface area contributed by atoms with Gasteiger partial charge in [-0.25, -0.2) is 26.3 Å². The molecule has 172 valence electrons. The van der Waals surface area contributed by atoms with Crippen LogP contribution in [-0.4, -0.2) is 44.6 Å². The third-order valence-electron chi connectivity index (χ3n) is 6.17. The van der Waals surface area contributed by atoms with Crippen molar-refractivity contribution in [3.8, 4) is 11.1 Å². The SMILES string of the molecule is CS(=O)(=O)N[C@@H]1CCCN(C(=O)[C@@H]2C[C@H]2c2cc(F)ccc2-c2c(F)cccc2F)CC1. The van der Waals surface area contributed by atoms with Crippen LogP contribution < -0.4 is 4.72 Å². The van der Waals surface area contributed by atoms with Gasteiger partial charge in [0.15, 0.2) is 0 Å². The number of rotatable bonds is 5. The van der Waals surface area contributed by atoms with Crippen molar-refractivity contribution in [1.82, 2.24) is 9.62 Å². The maximum Gasteiger partial charge on any atom is 0.226 e. The van der Waals surface area contributed by atoms with E-state index in [1.165, 1.54) is 18.2 Å². The molecular formula is C23H25F3N2O3S. The van der Waals surface area contributed by atoms with Crippen molar-refractivity contribution in [1.29, 1.82) is 0 Å². The van der Waals surface area contributed by atoms with Crippen LogP contribution in [0.5, 0.6) is 0 Å². The topological polar surface area (TPSA) is 66.5 Å². The highest BCUT2D eigenvalue weighted by molar-refractivity contribution is 7.88. The molecule has 0 aromatic heterocycles. The van der Waals surface area contributed by atoms with Crippen molar-refractivity contribution in [3.63, 3.8) is 0 Å². The Labute approximate surface area is 185 Å². The van der Waals surface area contributed by atoms with Gasteiger partial charge in [-0.1, -0.05) is 12.1 Å². The normalized spacial score (nSPS) is 23.6. The van der Waals surface area contributed by atoms with E-state index in [4.69, 9.17) is 0 Å². The molecule has 1 N–H and O–H groups in total. The molecule has 0 bridgehead atoms. The van der Waals surface area contributed by atoms with Crippen LogP contribution in [0.2, 0.25) is 0 Å². The van der Waals surface area contributed by atoms with Crippen LogP contribution in [0.1, 0.15) is 37.2 Å². The van der Waals surface area contributed by atoms with Gasteiger partial charge < -0.3 is 4.90 Å². The molecule has 2 fully saturated rings. The zero-order valence-electron chi connectivity index (χ0n) is 17.7. The largest absolute Gasteiger partial charge is 0.342 e. The van der Waals surface area contributed by atoms with Crippen molar-refractivity contribution in [2.24, 2.45) is 5.92 Å². The highest BCUT2D eigenvalue weighted by atomic mass is 32.2. The Bertz CT molecular complexity index is 1120. The minimum Gasteiger partial charge on any atom is -0.342 e. The summed E-state index contributed by atoms with van der Waals surface area (Å²) in [5.74, 6) is -2.79. The summed E-state index contributed by atoms with van der Waals surface area (Å²) < 4.78 is 68.4. The van der Waals surface area contributed by atoms with Crippen molar-refractivity contribution in [3.05, 3.63) is 59.4 Å². The van der Waals surface area contributed by atoms with E-state index in [1.807, 2.05) is 0 Å². The molecule has 1 aliphatic heterocycles. The van der Waals surface area contributed by atoms with Crippen molar-refractivity contribution in [2.75, 3.05) is 19.3 Å². The van der Waals surface area contributed by atoms with Crippen LogP contribution >= 0.6 is 0 Å². The Balaban J connectivity index is 1.51. The molecule has 2 aromatic rings. The smallest absolute Gasteiger partial charge is 0.226 e. The van der Waals surface area contributed by atoms with Gasteiger partial charge in [0.2, 0.25) is 15.9 Å². The third-order valence-corrected chi connectivity index (χ3v) is 6.93. The molecule has 5 nitrogen and oxygen atoms in total. The lowest BCUT2D eigenvalue weighted by Gasteiger charge is -2.21. The third kappa shape index (κ3) is 4.99. The van der Waals surface area contributed by atoms with E-state index >= 15 is 0 Å². The predicted molar refractivity (Wildman–Crippen MR) is 115 cm³/mol. The first-order valence-corrected chi connectivity index (χ1v) is 12.5. The van der Waals surface area contributed by atoms with Crippen LogP contribution in [0.3, 0.4) is 0 Å². The van der Waals surface area contributed by atoms with Crippen LogP contribution in [0.4, 0.5) is 13.2 Å². The van der Waals surface area contributed by atoms with Gasteiger partial charge in [-0.15, -0.1) is 0 Å². The molecule has 1 heterocycles. The Hall–Kier alpha value is -2.39. The molecule has 1 aliphatic carbocycles. The molecule has 1 amide bonds. The van der Waals surface area contributed by atoms with E-state index in [0.717, 1.165) is 24.5 Å². The van der Waals surface area contributed by atoms with Gasteiger partial charge in [0.25, 0.3) is 0 Å². The van der Waals surface area contributed by atoms with Gasteiger partial charge in [0.05, 0.1) is 11.8 Å². The Morgan fingerprint density at radius 1 is 1.06 bits per heavy atom. The molecule has 0 unspecified atom stereocenters. The standard InChI is InChI=1S/C23H25F3N2O3S/c1-32(30,31)27-15-4-3-10-28(11-9-15)23(29)19-13-18(19)17-12-14(24)7-8-16(17)22-20(25)5-2-6-21(22)26/h2,5-8,12,15,18-19,27H,3-4,9-11,13H2,1H3/t15-,18+,19-/m1/s1. The van der Waals surface area contributed by atoms with E-state index < -0.39 is 27.5 Å². The summed E-state index contributed by atoms with van der Waals surface area (Å²) in [7, 11) is -3.32. The van der Waals surface area contributed by atoms with Gasteiger partial charge in [0.1, 0.15) is 17.5 Å². The fraction of sp³-hybridized carbons (Fsp3) is 0.435. The van der Waals surface area contributed by atoms with Gasteiger partial charge >= 0.3 is 0 Å². The lowest BCUT2D eigenvalue weighted by Crippen LogP contribution is -2.36. The number of hydrogen-bond donors (Lipinski definition) is 1. The number of benzene rings is 2. The molecule has 3 atom stereocenters. The number of sulfonamides is 1. The molecule has 4 rings (SSSR count). The average molecular weight is 467 g/mol. The molecule has 2 aromatic carbocycles. The first-order valence-electron chi connectivity index (χ1n) is 10.6. The van der Waals surface area contributed by atoms with E-state index in [0.29, 0.717) is 44.3 Å². The predicted octanol–water partition coefficient (Wildman–Crippen LogP) is 3.80. The number of hydrogen-bond acceptors (Lipinski definition) is 3. The maximum atomic E-state index is 14.4. The molecule has 0 radical (unpaired) electrons. The van der Waals surface area contributed by atoms with Gasteiger partial charge in [-0.05, 0) is 67.0 Å². The quantitative estimate of drug-likeness (QED) is 0.729. The van der Waals surface area contributed by atoms with Crippen LogP contribution in [0.25, 0.3) is 11.1 Å². The first kappa shape index (κ1) is 22.8. The lowest BCUT2D eigenvalue weighted by molar-refractivity contribution is -0.132. The zero-order valence-corrected chi connectivity index (χ0v) is 18.5. The molecule has 2 aliphatic rings. The van der Waals surface area contributed by atoms with E-state index in [-0.39, 0.29) is 34.9 Å². The highest BCUT2D eigenvalue weighted by Gasteiger charge is 2.47. The van der Waals surface area contributed by atoms with Crippen molar-refractivity contribution >= 4 is 15.9 Å². The second-order valence-electron chi connectivity index (χ2n) is 8.62. The van der Waals surface area contributed by atoms with Crippen LogP contribution in [0.15, 0.2) is 36.4 Å². The summed E-state index contributed by atoms with van der Waals surface area (Å²) in [6.07, 6.45) is 3.42. The fourth-order valence-electron chi connectivity index (χ4n) is 4.61. The monoisotopic (exact) mass is 466 g/mol. The number of nitrogens with zero attached hydrogens (tertiary/aromatic N) is 1. The van der Waals surface area contributed by atoms with Gasteiger partial charge in [0, 0.05) is 25.0 Å². The Kier molecular flexibility index (Phi) is 6.31. The number of halogens is 3. The number of carbonyl (C=O) groups excluding carboxylic acids is 1. The summed E-state index contributed by atoms with van der Waals surface area (Å²) in [5.41, 5.74) is 0.472. The summed E-state index contributed by atoms with van der Waals surface area (Å²) in [4.78, 5) is 14.8. The Morgan fingerprint density at radius 3 is 2.47 bits per heavy atom. The molecule has 1 saturated heterocycles. The molecule has 32 heavy (non-hydrogen) atoms. The second kappa shape index (κ2) is 8.86. The van der Waals surface area contributed by atoms with Crippen molar-refractivity contribution in [2.45, 2.75) is 37.6 Å². The lowest BCUT2D eigenvalue weighted by atomic mass is 9.94. The summed E-state index contributed by atoms with van der Waals surface area (Å²) >= 11 is 0. The molecule has 1 saturated carbocycles.